The molecule has 2 aromatic rings. The maximum absolute atomic E-state index is 11.7. The number of hydrogen-bond acceptors (Lipinski definition) is 4. The van der Waals surface area contributed by atoms with Crippen LogP contribution in [0.5, 0.6) is 0 Å². The lowest BCUT2D eigenvalue weighted by atomic mass is 10.00. The summed E-state index contributed by atoms with van der Waals surface area (Å²) in [6.45, 7) is 5.05. The van der Waals surface area contributed by atoms with E-state index in [4.69, 9.17) is 0 Å². The van der Waals surface area contributed by atoms with E-state index in [9.17, 15) is 9.90 Å². The van der Waals surface area contributed by atoms with Crippen molar-refractivity contribution in [2.24, 2.45) is 0 Å². The van der Waals surface area contributed by atoms with Crippen LogP contribution in [0, 0.1) is 0 Å². The first-order valence-corrected chi connectivity index (χ1v) is 8.71. The van der Waals surface area contributed by atoms with Crippen molar-refractivity contribution in [3.63, 3.8) is 0 Å². The van der Waals surface area contributed by atoms with E-state index in [0.717, 1.165) is 43.5 Å². The third-order valence-electron chi connectivity index (χ3n) is 4.76. The van der Waals surface area contributed by atoms with Crippen LogP contribution in [-0.4, -0.2) is 38.7 Å². The van der Waals surface area contributed by atoms with Crippen LogP contribution >= 0.6 is 0 Å². The molecule has 1 aliphatic rings. The molecular weight excluding hydrogens is 304 g/mol. The molecule has 0 aliphatic carbocycles. The monoisotopic (exact) mass is 328 g/mol. The second-order valence-electron chi connectivity index (χ2n) is 6.20. The lowest BCUT2D eigenvalue weighted by molar-refractivity contribution is 0.0690. The minimum atomic E-state index is -1.02. The summed E-state index contributed by atoms with van der Waals surface area (Å²) >= 11 is 0. The van der Waals surface area contributed by atoms with Gasteiger partial charge in [-0.2, -0.15) is 0 Å². The van der Waals surface area contributed by atoms with Crippen LogP contribution in [0.25, 0.3) is 5.69 Å². The highest BCUT2D eigenvalue weighted by molar-refractivity contribution is 5.91. The summed E-state index contributed by atoms with van der Waals surface area (Å²) in [5.41, 5.74) is 1.99. The van der Waals surface area contributed by atoms with Crippen molar-refractivity contribution in [1.29, 1.82) is 0 Å². The predicted octanol–water partition coefficient (Wildman–Crippen LogP) is 3.30. The second-order valence-corrected chi connectivity index (χ2v) is 6.20. The Morgan fingerprint density at radius 3 is 2.75 bits per heavy atom. The summed E-state index contributed by atoms with van der Waals surface area (Å²) in [6.07, 6.45) is 5.15. The quantitative estimate of drug-likeness (QED) is 0.912. The molecule has 1 saturated heterocycles. The number of para-hydroxylation sites is 1. The maximum atomic E-state index is 11.7. The zero-order valence-corrected chi connectivity index (χ0v) is 14.3. The molecule has 1 aromatic carbocycles. The Kier molecular flexibility index (Phi) is 4.83. The number of rotatable bonds is 5. The first-order chi connectivity index (χ1) is 11.7. The normalized spacial score (nSPS) is 17.9. The number of carbonyl (C=O) groups is 1. The van der Waals surface area contributed by atoms with Crippen molar-refractivity contribution < 1.29 is 9.90 Å². The number of piperidine rings is 1. The van der Waals surface area contributed by atoms with E-state index >= 15 is 0 Å². The minimum Gasteiger partial charge on any atom is -0.476 e. The SMILES string of the molecule is CCc1ccccc1-n1nc(C(=O)O)c(N2CCCCC2CC)n1. The first kappa shape index (κ1) is 16.5. The molecule has 128 valence electrons. The van der Waals surface area contributed by atoms with Gasteiger partial charge in [0.15, 0.2) is 5.82 Å². The van der Waals surface area contributed by atoms with Crippen LogP contribution in [0.15, 0.2) is 24.3 Å². The highest BCUT2D eigenvalue weighted by Crippen LogP contribution is 2.28. The maximum Gasteiger partial charge on any atom is 0.360 e. The Hall–Kier alpha value is -2.37. The van der Waals surface area contributed by atoms with E-state index in [1.54, 1.807) is 0 Å². The van der Waals surface area contributed by atoms with Gasteiger partial charge in [-0.05, 0) is 43.7 Å². The van der Waals surface area contributed by atoms with E-state index in [1.807, 2.05) is 24.3 Å². The molecule has 1 fully saturated rings. The zero-order valence-electron chi connectivity index (χ0n) is 14.3. The zero-order chi connectivity index (χ0) is 17.1. The number of aromatic carboxylic acids is 1. The van der Waals surface area contributed by atoms with Gasteiger partial charge in [0.1, 0.15) is 0 Å². The van der Waals surface area contributed by atoms with Gasteiger partial charge in [-0.25, -0.2) is 4.79 Å². The summed E-state index contributed by atoms with van der Waals surface area (Å²) in [7, 11) is 0. The number of aromatic nitrogens is 3. The number of carboxylic acids is 1. The van der Waals surface area contributed by atoms with Crippen molar-refractivity contribution in [3.05, 3.63) is 35.5 Å². The highest BCUT2D eigenvalue weighted by atomic mass is 16.4. The van der Waals surface area contributed by atoms with Crippen LogP contribution in [0.2, 0.25) is 0 Å². The fourth-order valence-electron chi connectivity index (χ4n) is 3.45. The molecule has 1 aromatic heterocycles. The van der Waals surface area contributed by atoms with Crippen molar-refractivity contribution in [3.8, 4) is 5.69 Å². The van der Waals surface area contributed by atoms with E-state index < -0.39 is 5.97 Å². The number of anilines is 1. The molecule has 0 saturated carbocycles. The molecule has 0 radical (unpaired) electrons. The highest BCUT2D eigenvalue weighted by Gasteiger charge is 2.29. The number of hydrogen-bond donors (Lipinski definition) is 1. The van der Waals surface area contributed by atoms with E-state index in [1.165, 1.54) is 11.2 Å². The smallest absolute Gasteiger partial charge is 0.360 e. The molecule has 3 rings (SSSR count). The molecule has 0 spiro atoms. The van der Waals surface area contributed by atoms with Gasteiger partial charge in [-0.1, -0.05) is 32.0 Å². The van der Waals surface area contributed by atoms with Crippen molar-refractivity contribution in [2.75, 3.05) is 11.4 Å². The lowest BCUT2D eigenvalue weighted by Crippen LogP contribution is -2.40. The third kappa shape index (κ3) is 3.00. The van der Waals surface area contributed by atoms with Gasteiger partial charge in [0.2, 0.25) is 5.69 Å². The van der Waals surface area contributed by atoms with Crippen LogP contribution in [0.4, 0.5) is 5.82 Å². The summed E-state index contributed by atoms with van der Waals surface area (Å²) in [5, 5.41) is 18.5. The Balaban J connectivity index is 2.07. The number of benzene rings is 1. The average molecular weight is 328 g/mol. The predicted molar refractivity (Wildman–Crippen MR) is 93.0 cm³/mol. The summed E-state index contributed by atoms with van der Waals surface area (Å²) in [5.74, 6) is -0.523. The van der Waals surface area contributed by atoms with Crippen LogP contribution in [0.3, 0.4) is 0 Å². The third-order valence-corrected chi connectivity index (χ3v) is 4.76. The van der Waals surface area contributed by atoms with Gasteiger partial charge in [-0.15, -0.1) is 15.0 Å². The van der Waals surface area contributed by atoms with Crippen LogP contribution in [0.1, 0.15) is 55.6 Å². The van der Waals surface area contributed by atoms with Crippen molar-refractivity contribution in [1.82, 2.24) is 15.0 Å². The molecule has 1 N–H and O–H groups in total. The molecule has 1 unspecified atom stereocenters. The van der Waals surface area contributed by atoms with Gasteiger partial charge in [0.25, 0.3) is 0 Å². The number of nitrogens with zero attached hydrogens (tertiary/aromatic N) is 4. The van der Waals surface area contributed by atoms with E-state index in [2.05, 4.69) is 28.9 Å². The Labute approximate surface area is 142 Å². The van der Waals surface area contributed by atoms with E-state index in [-0.39, 0.29) is 5.69 Å². The molecule has 0 amide bonds. The number of carboxylic acid groups (broad SMARTS) is 1. The summed E-state index contributed by atoms with van der Waals surface area (Å²) < 4.78 is 0. The van der Waals surface area contributed by atoms with Gasteiger partial charge in [-0.3, -0.25) is 0 Å². The fraction of sp³-hybridized carbons (Fsp3) is 0.500. The first-order valence-electron chi connectivity index (χ1n) is 8.71. The van der Waals surface area contributed by atoms with Gasteiger partial charge < -0.3 is 10.0 Å². The fourth-order valence-corrected chi connectivity index (χ4v) is 3.45. The molecule has 0 bridgehead atoms. The van der Waals surface area contributed by atoms with E-state index in [0.29, 0.717) is 11.9 Å². The van der Waals surface area contributed by atoms with Crippen LogP contribution < -0.4 is 4.90 Å². The molecule has 1 aliphatic heterocycles. The topological polar surface area (TPSA) is 71.2 Å². The lowest BCUT2D eigenvalue weighted by Gasteiger charge is -2.35. The minimum absolute atomic E-state index is 0.0428. The molecule has 6 nitrogen and oxygen atoms in total. The second kappa shape index (κ2) is 7.03. The average Bonchev–Trinajstić information content (AvgIpc) is 3.07. The standard InChI is InChI=1S/C18H24N4O2/c1-3-13-9-5-6-11-15(13)22-19-16(18(23)24)17(20-22)21-12-8-7-10-14(21)4-2/h5-6,9,11,14H,3-4,7-8,10,12H2,1-2H3,(H,23,24). The molecule has 24 heavy (non-hydrogen) atoms. The Morgan fingerprint density at radius 2 is 2.04 bits per heavy atom. The molecule has 1 atom stereocenters. The molecular formula is C18H24N4O2. The molecule has 6 heteroatoms. The number of aryl methyl sites for hydroxylation is 1. The van der Waals surface area contributed by atoms with Gasteiger partial charge in [0.05, 0.1) is 5.69 Å². The molecule has 2 heterocycles. The van der Waals surface area contributed by atoms with Gasteiger partial charge >= 0.3 is 5.97 Å². The Morgan fingerprint density at radius 1 is 1.25 bits per heavy atom. The largest absolute Gasteiger partial charge is 0.476 e. The van der Waals surface area contributed by atoms with Gasteiger partial charge in [0, 0.05) is 12.6 Å². The summed E-state index contributed by atoms with van der Waals surface area (Å²) in [6, 6.07) is 8.19. The van der Waals surface area contributed by atoms with Crippen molar-refractivity contribution in [2.45, 2.75) is 52.0 Å². The van der Waals surface area contributed by atoms with Crippen molar-refractivity contribution >= 4 is 11.8 Å². The summed E-state index contributed by atoms with van der Waals surface area (Å²) in [4.78, 5) is 15.3. The van der Waals surface area contributed by atoms with Crippen LogP contribution in [-0.2, 0) is 6.42 Å². The Bertz CT molecular complexity index is 726.